The molecule has 0 saturated heterocycles. The molecule has 0 radical (unpaired) electrons. The molecule has 1 atom stereocenters. The van der Waals surface area contributed by atoms with Gasteiger partial charge >= 0.3 is 0 Å². The molecule has 0 aliphatic heterocycles. The van der Waals surface area contributed by atoms with Gasteiger partial charge in [0.2, 0.25) is 5.91 Å². The van der Waals surface area contributed by atoms with Crippen LogP contribution < -0.4 is 10.9 Å². The highest BCUT2D eigenvalue weighted by atomic mass is 16.2. The fourth-order valence-corrected chi connectivity index (χ4v) is 4.66. The zero-order valence-corrected chi connectivity index (χ0v) is 20.2. The molecule has 0 unspecified atom stereocenters. The van der Waals surface area contributed by atoms with Gasteiger partial charge in [-0.15, -0.1) is 0 Å². The minimum atomic E-state index is -0.272. The maximum Gasteiger partial charge on any atom is 0.291 e. The first-order valence-corrected chi connectivity index (χ1v) is 11.8. The van der Waals surface area contributed by atoms with Crippen LogP contribution in [0.2, 0.25) is 0 Å². The molecule has 35 heavy (non-hydrogen) atoms. The molecule has 3 aromatic carbocycles. The highest BCUT2D eigenvalue weighted by Crippen LogP contribution is 2.28. The van der Waals surface area contributed by atoms with Gasteiger partial charge in [-0.2, -0.15) is 5.10 Å². The van der Waals surface area contributed by atoms with Gasteiger partial charge in [0.05, 0.1) is 12.2 Å². The molecule has 6 heteroatoms. The van der Waals surface area contributed by atoms with E-state index in [4.69, 9.17) is 0 Å². The summed E-state index contributed by atoms with van der Waals surface area (Å²) in [4.78, 5) is 26.4. The van der Waals surface area contributed by atoms with E-state index < -0.39 is 0 Å². The third-order valence-electron chi connectivity index (χ3n) is 6.58. The van der Waals surface area contributed by atoms with E-state index >= 15 is 0 Å². The number of nitrogens with one attached hydrogen (secondary N) is 1. The molecule has 1 amide bonds. The van der Waals surface area contributed by atoms with Crippen molar-refractivity contribution in [1.29, 1.82) is 0 Å². The molecule has 0 fully saturated rings. The van der Waals surface area contributed by atoms with Gasteiger partial charge in [0.25, 0.3) is 5.56 Å². The summed E-state index contributed by atoms with van der Waals surface area (Å²) in [6, 6.07) is 23.9. The van der Waals surface area contributed by atoms with Crippen molar-refractivity contribution in [3.8, 4) is 0 Å². The lowest BCUT2D eigenvalue weighted by Crippen LogP contribution is -2.35. The maximum absolute atomic E-state index is 13.7. The van der Waals surface area contributed by atoms with Gasteiger partial charge in [0.15, 0.2) is 0 Å². The minimum absolute atomic E-state index is 0.142. The van der Waals surface area contributed by atoms with Gasteiger partial charge in [0.1, 0.15) is 12.1 Å². The number of aryl methyl sites for hydroxylation is 2. The van der Waals surface area contributed by atoms with Gasteiger partial charge in [-0.3, -0.25) is 9.59 Å². The van der Waals surface area contributed by atoms with Crippen molar-refractivity contribution in [3.05, 3.63) is 112 Å². The van der Waals surface area contributed by atoms with Crippen LogP contribution in [-0.4, -0.2) is 20.3 Å². The molecule has 0 aliphatic carbocycles. The van der Waals surface area contributed by atoms with Gasteiger partial charge in [-0.25, -0.2) is 4.68 Å². The van der Waals surface area contributed by atoms with Gasteiger partial charge in [-0.05, 0) is 43.5 Å². The Labute approximate surface area is 203 Å². The molecule has 5 aromatic rings. The van der Waals surface area contributed by atoms with Crippen LogP contribution in [0.15, 0.2) is 83.8 Å². The second-order valence-corrected chi connectivity index (χ2v) is 9.10. The largest absolute Gasteiger partial charge is 0.348 e. The van der Waals surface area contributed by atoms with Crippen molar-refractivity contribution in [2.75, 3.05) is 0 Å². The number of aromatic nitrogens is 3. The monoisotopic (exact) mass is 464 g/mol. The lowest BCUT2D eigenvalue weighted by Gasteiger charge is -2.15. The van der Waals surface area contributed by atoms with Crippen molar-refractivity contribution < 1.29 is 4.79 Å². The molecular weight excluding hydrogens is 436 g/mol. The first-order chi connectivity index (χ1) is 16.9. The van der Waals surface area contributed by atoms with Gasteiger partial charge in [0, 0.05) is 22.8 Å². The Balaban J connectivity index is 1.54. The Morgan fingerprint density at radius 3 is 2.51 bits per heavy atom. The lowest BCUT2D eigenvalue weighted by molar-refractivity contribution is -0.122. The second kappa shape index (κ2) is 9.22. The highest BCUT2D eigenvalue weighted by Gasteiger charge is 2.18. The van der Waals surface area contributed by atoms with Crippen LogP contribution in [-0.2, 0) is 17.9 Å². The molecule has 0 bridgehead atoms. The van der Waals surface area contributed by atoms with Crippen LogP contribution in [0, 0.1) is 13.8 Å². The van der Waals surface area contributed by atoms with Gasteiger partial charge in [-0.1, -0.05) is 72.3 Å². The summed E-state index contributed by atoms with van der Waals surface area (Å²) >= 11 is 0. The third kappa shape index (κ3) is 4.35. The number of nitrogens with zero attached hydrogens (tertiary/aromatic N) is 3. The molecule has 0 spiro atoms. The predicted octanol–water partition coefficient (Wildman–Crippen LogP) is 4.89. The summed E-state index contributed by atoms with van der Waals surface area (Å²) in [6.45, 7) is 6.50. The van der Waals surface area contributed by atoms with E-state index in [1.54, 1.807) is 6.20 Å². The number of hydrogen-bond donors (Lipinski definition) is 1. The fraction of sp³-hybridized carbons (Fsp3) is 0.207. The minimum Gasteiger partial charge on any atom is -0.348 e. The van der Waals surface area contributed by atoms with Crippen molar-refractivity contribution in [2.45, 2.75) is 39.9 Å². The number of benzene rings is 3. The summed E-state index contributed by atoms with van der Waals surface area (Å²) in [5.74, 6) is -0.257. The van der Waals surface area contributed by atoms with Crippen molar-refractivity contribution in [2.24, 2.45) is 0 Å². The van der Waals surface area contributed by atoms with Crippen LogP contribution in [0.1, 0.15) is 35.2 Å². The molecule has 6 nitrogen and oxygen atoms in total. The average Bonchev–Trinajstić information content (AvgIpc) is 3.18. The van der Waals surface area contributed by atoms with Crippen LogP contribution in [0.4, 0.5) is 0 Å². The molecule has 2 heterocycles. The number of amides is 1. The molecule has 1 N–H and O–H groups in total. The van der Waals surface area contributed by atoms with E-state index in [1.165, 1.54) is 15.8 Å². The van der Waals surface area contributed by atoms with Crippen LogP contribution in [0.3, 0.4) is 0 Å². The van der Waals surface area contributed by atoms with Crippen LogP contribution in [0.25, 0.3) is 21.8 Å². The van der Waals surface area contributed by atoms with E-state index in [9.17, 15) is 9.59 Å². The summed E-state index contributed by atoms with van der Waals surface area (Å²) in [5.41, 5.74) is 5.77. The normalized spacial score (nSPS) is 12.2. The zero-order valence-electron chi connectivity index (χ0n) is 20.2. The Bertz CT molecular complexity index is 1600. The zero-order chi connectivity index (χ0) is 24.5. The molecule has 0 aliphatic rings. The van der Waals surface area contributed by atoms with Gasteiger partial charge < -0.3 is 9.88 Å². The summed E-state index contributed by atoms with van der Waals surface area (Å²) < 4.78 is 3.31. The molecular formula is C29H28N4O2. The topological polar surface area (TPSA) is 68.9 Å². The molecule has 176 valence electrons. The Morgan fingerprint density at radius 2 is 1.71 bits per heavy atom. The fourth-order valence-electron chi connectivity index (χ4n) is 4.66. The molecule has 2 aromatic heterocycles. The Hall–Kier alpha value is -4.19. The Morgan fingerprint density at radius 1 is 0.971 bits per heavy atom. The smallest absolute Gasteiger partial charge is 0.291 e. The quantitative estimate of drug-likeness (QED) is 0.389. The first-order valence-electron chi connectivity index (χ1n) is 11.8. The van der Waals surface area contributed by atoms with Crippen molar-refractivity contribution in [3.63, 3.8) is 0 Å². The van der Waals surface area contributed by atoms with Crippen molar-refractivity contribution in [1.82, 2.24) is 19.7 Å². The molecule has 5 rings (SSSR count). The molecule has 0 saturated carbocycles. The first kappa shape index (κ1) is 22.6. The van der Waals surface area contributed by atoms with Crippen LogP contribution in [0.5, 0.6) is 0 Å². The standard InChI is InChI=1S/C29H28N4O2/c1-19-13-14-20(2)23(15-19)17-32-26-12-8-7-11-24(26)25-16-30-33(29(35)28(25)32)18-27(34)31-21(3)22-9-5-4-6-10-22/h4-16,21H,17-18H2,1-3H3,(H,31,34)/t21-/m1/s1. The van der Waals surface area contributed by atoms with Crippen molar-refractivity contribution >= 4 is 27.7 Å². The van der Waals surface area contributed by atoms with E-state index in [-0.39, 0.29) is 24.1 Å². The summed E-state index contributed by atoms with van der Waals surface area (Å²) in [6.07, 6.45) is 1.70. The number of carbonyl (C=O) groups excluding carboxylic acids is 1. The number of fused-ring (bicyclic) bond motifs is 3. The van der Waals surface area contributed by atoms with E-state index in [0.29, 0.717) is 12.1 Å². The number of carbonyl (C=O) groups is 1. The second-order valence-electron chi connectivity index (χ2n) is 9.10. The van der Waals surface area contributed by atoms with E-state index in [0.717, 1.165) is 27.4 Å². The highest BCUT2D eigenvalue weighted by molar-refractivity contribution is 6.07. The SMILES string of the molecule is Cc1ccc(C)c(Cn2c3ccccc3c3cnn(CC(=O)N[C@H](C)c4ccccc4)c(=O)c32)c1. The Kier molecular flexibility index (Phi) is 5.95. The number of rotatable bonds is 6. The van der Waals surface area contributed by atoms with E-state index in [1.807, 2.05) is 61.5 Å². The third-order valence-corrected chi connectivity index (χ3v) is 6.58. The maximum atomic E-state index is 13.7. The summed E-state index contributed by atoms with van der Waals surface area (Å²) in [7, 11) is 0. The summed E-state index contributed by atoms with van der Waals surface area (Å²) in [5, 5.41) is 9.10. The number of para-hydroxylation sites is 1. The average molecular weight is 465 g/mol. The van der Waals surface area contributed by atoms with E-state index in [2.05, 4.69) is 47.0 Å². The van der Waals surface area contributed by atoms with Crippen LogP contribution >= 0.6 is 0 Å². The number of hydrogen-bond acceptors (Lipinski definition) is 3. The lowest BCUT2D eigenvalue weighted by atomic mass is 10.1. The predicted molar refractivity (Wildman–Crippen MR) is 140 cm³/mol.